The van der Waals surface area contributed by atoms with Crippen molar-refractivity contribution in [3.8, 4) is 0 Å². The third-order valence-corrected chi connectivity index (χ3v) is 6.75. The molecule has 8 heteroatoms. The number of amides is 2. The van der Waals surface area contributed by atoms with Gasteiger partial charge in [-0.15, -0.1) is 0 Å². The van der Waals surface area contributed by atoms with Crippen LogP contribution in [-0.2, 0) is 19.6 Å². The van der Waals surface area contributed by atoms with Crippen molar-refractivity contribution in [2.75, 3.05) is 31.9 Å². The van der Waals surface area contributed by atoms with Gasteiger partial charge in [0.15, 0.2) is 0 Å². The Kier molecular flexibility index (Phi) is 6.02. The Morgan fingerprint density at radius 3 is 2.09 bits per heavy atom. The molecule has 2 aliphatic rings. The Hall–Kier alpha value is -1.15. The van der Waals surface area contributed by atoms with Crippen molar-refractivity contribution < 1.29 is 18.0 Å². The van der Waals surface area contributed by atoms with Crippen molar-refractivity contribution in [2.24, 2.45) is 5.92 Å². The highest BCUT2D eigenvalue weighted by atomic mass is 32.2. The summed E-state index contributed by atoms with van der Waals surface area (Å²) in [5, 5.41) is 3.06. The van der Waals surface area contributed by atoms with Crippen LogP contribution >= 0.6 is 0 Å². The maximum Gasteiger partial charge on any atom is 0.223 e. The number of piperidine rings is 2. The monoisotopic (exact) mass is 345 g/mol. The van der Waals surface area contributed by atoms with Gasteiger partial charge >= 0.3 is 0 Å². The minimum Gasteiger partial charge on any atom is -0.353 e. The number of sulfonamides is 1. The van der Waals surface area contributed by atoms with Crippen LogP contribution < -0.4 is 5.32 Å². The maximum atomic E-state index is 12.3. The minimum absolute atomic E-state index is 0.0389. The van der Waals surface area contributed by atoms with Crippen LogP contribution in [0.15, 0.2) is 0 Å². The van der Waals surface area contributed by atoms with Crippen molar-refractivity contribution >= 4 is 21.8 Å². The molecule has 132 valence electrons. The lowest BCUT2D eigenvalue weighted by Gasteiger charge is -2.34. The Morgan fingerprint density at radius 2 is 1.61 bits per heavy atom. The second-order valence-corrected chi connectivity index (χ2v) is 8.62. The van der Waals surface area contributed by atoms with Crippen molar-refractivity contribution in [1.29, 1.82) is 0 Å². The summed E-state index contributed by atoms with van der Waals surface area (Å²) in [6.07, 6.45) is 2.73. The van der Waals surface area contributed by atoms with Gasteiger partial charge in [0, 0.05) is 45.1 Å². The molecule has 0 atom stereocenters. The molecule has 7 nitrogen and oxygen atoms in total. The molecule has 1 N–H and O–H groups in total. The van der Waals surface area contributed by atoms with Crippen LogP contribution in [-0.4, -0.2) is 67.4 Å². The van der Waals surface area contributed by atoms with E-state index in [1.165, 1.54) is 4.31 Å². The van der Waals surface area contributed by atoms with E-state index in [-0.39, 0.29) is 29.5 Å². The Labute approximate surface area is 138 Å². The van der Waals surface area contributed by atoms with E-state index in [0.717, 1.165) is 0 Å². The van der Waals surface area contributed by atoms with Crippen LogP contribution in [0.4, 0.5) is 0 Å². The number of hydrogen-bond acceptors (Lipinski definition) is 4. The molecule has 2 amide bonds. The summed E-state index contributed by atoms with van der Waals surface area (Å²) in [4.78, 5) is 25.4. The summed E-state index contributed by atoms with van der Waals surface area (Å²) in [5.41, 5.74) is 0. The lowest BCUT2D eigenvalue weighted by atomic mass is 9.95. The molecule has 0 bridgehead atoms. The fourth-order valence-electron chi connectivity index (χ4n) is 3.24. The second kappa shape index (κ2) is 7.61. The molecule has 0 spiro atoms. The van der Waals surface area contributed by atoms with Gasteiger partial charge in [-0.1, -0.05) is 0 Å². The molecule has 0 aromatic heterocycles. The topological polar surface area (TPSA) is 86.8 Å². The average Bonchev–Trinajstić information content (AvgIpc) is 2.55. The van der Waals surface area contributed by atoms with Gasteiger partial charge in [-0.05, 0) is 32.6 Å². The van der Waals surface area contributed by atoms with Gasteiger partial charge in [-0.2, -0.15) is 0 Å². The van der Waals surface area contributed by atoms with Gasteiger partial charge in [-0.25, -0.2) is 12.7 Å². The number of nitrogens with zero attached hydrogens (tertiary/aromatic N) is 2. The molecule has 0 radical (unpaired) electrons. The van der Waals surface area contributed by atoms with Crippen LogP contribution in [0.1, 0.15) is 39.5 Å². The van der Waals surface area contributed by atoms with Gasteiger partial charge in [0.2, 0.25) is 21.8 Å². The third kappa shape index (κ3) is 4.67. The Morgan fingerprint density at radius 1 is 1.04 bits per heavy atom. The highest BCUT2D eigenvalue weighted by Crippen LogP contribution is 2.19. The average molecular weight is 345 g/mol. The van der Waals surface area contributed by atoms with Gasteiger partial charge in [0.25, 0.3) is 0 Å². The number of hydrogen-bond donors (Lipinski definition) is 1. The molecule has 0 aromatic rings. The van der Waals surface area contributed by atoms with E-state index in [9.17, 15) is 18.0 Å². The Balaban J connectivity index is 1.76. The lowest BCUT2D eigenvalue weighted by Crippen LogP contribution is -2.49. The van der Waals surface area contributed by atoms with E-state index in [4.69, 9.17) is 0 Å². The van der Waals surface area contributed by atoms with Crippen LogP contribution in [0.3, 0.4) is 0 Å². The summed E-state index contributed by atoms with van der Waals surface area (Å²) >= 11 is 0. The second-order valence-electron chi connectivity index (χ2n) is 6.36. The van der Waals surface area contributed by atoms with Crippen LogP contribution in [0.2, 0.25) is 0 Å². The summed E-state index contributed by atoms with van der Waals surface area (Å²) in [6.45, 7) is 5.43. The van der Waals surface area contributed by atoms with Crippen LogP contribution in [0.25, 0.3) is 0 Å². The SMILES string of the molecule is CCS(=O)(=O)N1CCC(NC(=O)C2CCN(C(C)=O)CC2)CC1. The van der Waals surface area contributed by atoms with E-state index in [0.29, 0.717) is 51.9 Å². The first kappa shape index (κ1) is 18.2. The highest BCUT2D eigenvalue weighted by molar-refractivity contribution is 7.89. The number of rotatable bonds is 4. The predicted molar refractivity (Wildman–Crippen MR) is 87.2 cm³/mol. The third-order valence-electron chi connectivity index (χ3n) is 4.87. The number of nitrogens with one attached hydrogen (secondary N) is 1. The molecule has 2 fully saturated rings. The quantitative estimate of drug-likeness (QED) is 0.787. The zero-order chi connectivity index (χ0) is 17.0. The smallest absolute Gasteiger partial charge is 0.223 e. The standard InChI is InChI=1S/C15H27N3O4S/c1-3-23(21,22)18-10-6-14(7-11-18)16-15(20)13-4-8-17(9-5-13)12(2)19/h13-14H,3-11H2,1-2H3,(H,16,20). The summed E-state index contributed by atoms with van der Waals surface area (Å²) in [6, 6.07) is 0.0524. The lowest BCUT2D eigenvalue weighted by molar-refractivity contribution is -0.134. The molecule has 2 rings (SSSR count). The van der Waals surface area contributed by atoms with E-state index in [1.807, 2.05) is 0 Å². The zero-order valence-electron chi connectivity index (χ0n) is 14.0. The molecule has 0 aliphatic carbocycles. The zero-order valence-corrected chi connectivity index (χ0v) is 14.8. The van der Waals surface area contributed by atoms with Gasteiger partial charge in [0.05, 0.1) is 5.75 Å². The van der Waals surface area contributed by atoms with Crippen molar-refractivity contribution in [2.45, 2.75) is 45.6 Å². The largest absolute Gasteiger partial charge is 0.353 e. The fourth-order valence-corrected chi connectivity index (χ4v) is 4.37. The molecular formula is C15H27N3O4S. The van der Waals surface area contributed by atoms with Crippen LogP contribution in [0.5, 0.6) is 0 Å². The number of carbonyl (C=O) groups is 2. The molecule has 0 saturated carbocycles. The minimum atomic E-state index is -3.12. The van der Waals surface area contributed by atoms with Gasteiger partial charge in [0.1, 0.15) is 0 Å². The summed E-state index contributed by atoms with van der Waals surface area (Å²) < 4.78 is 25.2. The van der Waals surface area contributed by atoms with E-state index in [2.05, 4.69) is 5.32 Å². The first-order valence-corrected chi connectivity index (χ1v) is 9.98. The van der Waals surface area contributed by atoms with Crippen molar-refractivity contribution in [3.63, 3.8) is 0 Å². The van der Waals surface area contributed by atoms with Crippen molar-refractivity contribution in [3.05, 3.63) is 0 Å². The van der Waals surface area contributed by atoms with E-state index in [1.54, 1.807) is 18.7 Å². The molecule has 2 heterocycles. The predicted octanol–water partition coefficient (Wildman–Crippen LogP) is 0.175. The van der Waals surface area contributed by atoms with Gasteiger partial charge < -0.3 is 10.2 Å². The molecule has 2 aliphatic heterocycles. The molecule has 0 aromatic carbocycles. The highest BCUT2D eigenvalue weighted by Gasteiger charge is 2.30. The van der Waals surface area contributed by atoms with Gasteiger partial charge in [-0.3, -0.25) is 9.59 Å². The maximum absolute atomic E-state index is 12.3. The molecular weight excluding hydrogens is 318 g/mol. The first-order chi connectivity index (χ1) is 10.8. The number of likely N-dealkylation sites (tertiary alicyclic amines) is 1. The molecule has 0 unspecified atom stereocenters. The van der Waals surface area contributed by atoms with E-state index >= 15 is 0 Å². The fraction of sp³-hybridized carbons (Fsp3) is 0.867. The van der Waals surface area contributed by atoms with Crippen molar-refractivity contribution in [1.82, 2.24) is 14.5 Å². The normalized spacial score (nSPS) is 22.1. The molecule has 23 heavy (non-hydrogen) atoms. The van der Waals surface area contributed by atoms with Crippen LogP contribution in [0, 0.1) is 5.92 Å². The molecule has 2 saturated heterocycles. The Bertz CT molecular complexity index is 533. The first-order valence-electron chi connectivity index (χ1n) is 8.37. The summed E-state index contributed by atoms with van der Waals surface area (Å²) in [5.74, 6) is 0.194. The number of carbonyl (C=O) groups excluding carboxylic acids is 2. The summed E-state index contributed by atoms with van der Waals surface area (Å²) in [7, 11) is -3.12. The van der Waals surface area contributed by atoms with E-state index < -0.39 is 10.0 Å².